The topological polar surface area (TPSA) is 17.1 Å². The van der Waals surface area contributed by atoms with Gasteiger partial charge in [-0.15, -0.1) is 0 Å². The van der Waals surface area contributed by atoms with E-state index in [9.17, 15) is 4.79 Å². The largest absolute Gasteiger partial charge is 0.300 e. The Bertz CT molecular complexity index is 354. The zero-order valence-electron chi connectivity index (χ0n) is 11.3. The molecule has 0 aliphatic rings. The zero-order chi connectivity index (χ0) is 12.7. The molecule has 0 saturated heterocycles. The van der Waals surface area contributed by atoms with Gasteiger partial charge in [0.15, 0.2) is 0 Å². The first-order chi connectivity index (χ1) is 8.13. The minimum absolute atomic E-state index is 0.273. The normalized spacial score (nSPS) is 12.4. The molecule has 1 unspecified atom stereocenters. The molecule has 0 bridgehead atoms. The maximum atomic E-state index is 11.0. The van der Waals surface area contributed by atoms with Crippen LogP contribution in [0.4, 0.5) is 0 Å². The summed E-state index contributed by atoms with van der Waals surface area (Å²) in [6.07, 6.45) is 5.34. The van der Waals surface area contributed by atoms with E-state index in [1.165, 1.54) is 30.4 Å². The minimum Gasteiger partial charge on any atom is -0.300 e. The summed E-state index contributed by atoms with van der Waals surface area (Å²) in [6, 6.07) is 8.72. The molecule has 1 atom stereocenters. The number of aryl methyl sites for hydroxylation is 1. The molecule has 1 heteroatoms. The van der Waals surface area contributed by atoms with Gasteiger partial charge in [-0.25, -0.2) is 0 Å². The van der Waals surface area contributed by atoms with Crippen LogP contribution in [0.15, 0.2) is 24.3 Å². The Labute approximate surface area is 105 Å². The van der Waals surface area contributed by atoms with Gasteiger partial charge >= 0.3 is 0 Å². The quantitative estimate of drug-likeness (QED) is 0.676. The number of hydrogen-bond acceptors (Lipinski definition) is 1. The molecule has 0 aromatic heterocycles. The summed E-state index contributed by atoms with van der Waals surface area (Å²) < 4.78 is 0. The fraction of sp³-hybridized carbons (Fsp3) is 0.562. The molecule has 0 heterocycles. The molecule has 0 saturated carbocycles. The highest BCUT2D eigenvalue weighted by atomic mass is 16.1. The van der Waals surface area contributed by atoms with Gasteiger partial charge in [0.2, 0.25) is 0 Å². The second-order valence-electron chi connectivity index (χ2n) is 4.99. The van der Waals surface area contributed by atoms with Crippen molar-refractivity contribution in [3.05, 3.63) is 35.4 Å². The van der Waals surface area contributed by atoms with Crippen LogP contribution in [0.25, 0.3) is 0 Å². The van der Waals surface area contributed by atoms with Gasteiger partial charge in [0.25, 0.3) is 0 Å². The fourth-order valence-electron chi connectivity index (χ4n) is 2.05. The van der Waals surface area contributed by atoms with Crippen LogP contribution in [0.3, 0.4) is 0 Å². The Balaban J connectivity index is 2.61. The molecule has 0 aliphatic carbocycles. The number of rotatable bonds is 7. The molecule has 0 fully saturated rings. The first-order valence-corrected chi connectivity index (χ1v) is 6.71. The number of benzene rings is 1. The minimum atomic E-state index is 0.273. The maximum absolute atomic E-state index is 11.0. The van der Waals surface area contributed by atoms with Crippen LogP contribution in [-0.4, -0.2) is 5.78 Å². The second kappa shape index (κ2) is 7.26. The van der Waals surface area contributed by atoms with Gasteiger partial charge in [0.1, 0.15) is 5.78 Å². The average Bonchev–Trinajstić information content (AvgIpc) is 2.33. The first-order valence-electron chi connectivity index (χ1n) is 6.71. The van der Waals surface area contributed by atoms with Crippen LogP contribution in [0.1, 0.15) is 63.5 Å². The lowest BCUT2D eigenvalue weighted by Gasteiger charge is -2.12. The van der Waals surface area contributed by atoms with Crippen LogP contribution in [0, 0.1) is 0 Å². The lowest BCUT2D eigenvalue weighted by atomic mass is 9.93. The van der Waals surface area contributed by atoms with E-state index in [-0.39, 0.29) is 5.78 Å². The monoisotopic (exact) mass is 232 g/mol. The van der Waals surface area contributed by atoms with Crippen molar-refractivity contribution in [2.75, 3.05) is 0 Å². The summed E-state index contributed by atoms with van der Waals surface area (Å²) in [6.45, 7) is 6.18. The Morgan fingerprint density at radius 1 is 1.35 bits per heavy atom. The summed E-state index contributed by atoms with van der Waals surface area (Å²) in [4.78, 5) is 11.0. The summed E-state index contributed by atoms with van der Waals surface area (Å²) in [5.41, 5.74) is 2.71. The van der Waals surface area contributed by atoms with Crippen molar-refractivity contribution in [2.24, 2.45) is 0 Å². The van der Waals surface area contributed by atoms with E-state index in [2.05, 4.69) is 38.1 Å². The predicted molar refractivity (Wildman–Crippen MR) is 73.4 cm³/mol. The van der Waals surface area contributed by atoms with E-state index in [0.29, 0.717) is 12.3 Å². The predicted octanol–water partition coefficient (Wildman–Crippen LogP) is 4.50. The molecule has 0 radical (unpaired) electrons. The molecule has 17 heavy (non-hydrogen) atoms. The van der Waals surface area contributed by atoms with Gasteiger partial charge in [-0.05, 0) is 36.8 Å². The van der Waals surface area contributed by atoms with E-state index in [4.69, 9.17) is 0 Å². The van der Waals surface area contributed by atoms with Crippen LogP contribution in [0.5, 0.6) is 0 Å². The molecular weight excluding hydrogens is 208 g/mol. The summed E-state index contributed by atoms with van der Waals surface area (Å²) >= 11 is 0. The SMILES string of the molecule is CCCCC(C)c1cccc(CCC(C)=O)c1. The molecule has 0 spiro atoms. The standard InChI is InChI=1S/C16H24O/c1-4-5-7-13(2)16-9-6-8-15(12-16)11-10-14(3)17/h6,8-9,12-13H,4-5,7,10-11H2,1-3H3. The molecule has 0 amide bonds. The molecule has 0 aliphatic heterocycles. The molecule has 1 rings (SSSR count). The number of ketones is 1. The number of carbonyl (C=O) groups is 1. The Kier molecular flexibility index (Phi) is 5.96. The smallest absolute Gasteiger partial charge is 0.130 e. The molecule has 1 aromatic rings. The lowest BCUT2D eigenvalue weighted by molar-refractivity contribution is -0.116. The zero-order valence-corrected chi connectivity index (χ0v) is 11.3. The molecule has 1 aromatic carbocycles. The summed E-state index contributed by atoms with van der Waals surface area (Å²) in [5.74, 6) is 0.904. The third-order valence-corrected chi connectivity index (χ3v) is 3.28. The van der Waals surface area contributed by atoms with Gasteiger partial charge < -0.3 is 4.79 Å². The number of Topliss-reactive ketones (excluding diaryl/α,β-unsaturated/α-hetero) is 1. The highest BCUT2D eigenvalue weighted by molar-refractivity contribution is 5.75. The Morgan fingerprint density at radius 2 is 2.12 bits per heavy atom. The van der Waals surface area contributed by atoms with Gasteiger partial charge in [-0.3, -0.25) is 0 Å². The van der Waals surface area contributed by atoms with Crippen molar-refractivity contribution in [3.8, 4) is 0 Å². The van der Waals surface area contributed by atoms with Crippen molar-refractivity contribution in [1.82, 2.24) is 0 Å². The van der Waals surface area contributed by atoms with Gasteiger partial charge in [0, 0.05) is 6.42 Å². The van der Waals surface area contributed by atoms with Crippen LogP contribution in [0.2, 0.25) is 0 Å². The van der Waals surface area contributed by atoms with E-state index in [1.807, 2.05) is 0 Å². The van der Waals surface area contributed by atoms with Crippen molar-refractivity contribution in [2.45, 2.75) is 58.8 Å². The third-order valence-electron chi connectivity index (χ3n) is 3.28. The maximum Gasteiger partial charge on any atom is 0.130 e. The van der Waals surface area contributed by atoms with E-state index >= 15 is 0 Å². The molecular formula is C16H24O. The van der Waals surface area contributed by atoms with Crippen LogP contribution < -0.4 is 0 Å². The Morgan fingerprint density at radius 3 is 2.76 bits per heavy atom. The van der Waals surface area contributed by atoms with Crippen LogP contribution >= 0.6 is 0 Å². The van der Waals surface area contributed by atoms with Crippen molar-refractivity contribution in [3.63, 3.8) is 0 Å². The van der Waals surface area contributed by atoms with Crippen molar-refractivity contribution < 1.29 is 4.79 Å². The summed E-state index contributed by atoms with van der Waals surface area (Å²) in [7, 11) is 0. The highest BCUT2D eigenvalue weighted by Gasteiger charge is 2.06. The van der Waals surface area contributed by atoms with Gasteiger partial charge in [-0.1, -0.05) is 51.0 Å². The first kappa shape index (κ1) is 14.0. The number of unbranched alkanes of at least 4 members (excludes halogenated alkanes) is 1. The van der Waals surface area contributed by atoms with Gasteiger partial charge in [0.05, 0.1) is 0 Å². The van der Waals surface area contributed by atoms with Crippen molar-refractivity contribution >= 4 is 5.78 Å². The number of hydrogen-bond donors (Lipinski definition) is 0. The highest BCUT2D eigenvalue weighted by Crippen LogP contribution is 2.22. The second-order valence-corrected chi connectivity index (χ2v) is 4.99. The van der Waals surface area contributed by atoms with Crippen LogP contribution in [-0.2, 0) is 11.2 Å². The molecule has 94 valence electrons. The van der Waals surface area contributed by atoms with E-state index in [0.717, 1.165) is 6.42 Å². The van der Waals surface area contributed by atoms with E-state index < -0.39 is 0 Å². The Hall–Kier alpha value is -1.11. The molecule has 0 N–H and O–H groups in total. The molecule has 1 nitrogen and oxygen atoms in total. The fourth-order valence-corrected chi connectivity index (χ4v) is 2.05. The lowest BCUT2D eigenvalue weighted by Crippen LogP contribution is -1.97. The third kappa shape index (κ3) is 5.16. The average molecular weight is 232 g/mol. The van der Waals surface area contributed by atoms with Crippen molar-refractivity contribution in [1.29, 1.82) is 0 Å². The summed E-state index contributed by atoms with van der Waals surface area (Å²) in [5, 5.41) is 0. The van der Waals surface area contributed by atoms with Gasteiger partial charge in [-0.2, -0.15) is 0 Å². The number of carbonyl (C=O) groups excluding carboxylic acids is 1. The van der Waals surface area contributed by atoms with E-state index in [1.54, 1.807) is 6.92 Å².